The molecule has 0 atom stereocenters. The normalized spacial score (nSPS) is 14.3. The highest BCUT2D eigenvalue weighted by molar-refractivity contribution is 9.10. The van der Waals surface area contributed by atoms with Gasteiger partial charge in [0.25, 0.3) is 5.91 Å². The third-order valence-electron chi connectivity index (χ3n) is 5.34. The Bertz CT molecular complexity index is 1550. The number of amides is 1. The van der Waals surface area contributed by atoms with Crippen LogP contribution < -0.4 is 9.75 Å². The Hall–Kier alpha value is -3.84. The summed E-state index contributed by atoms with van der Waals surface area (Å²) in [5.74, 6) is -12.7. The molecule has 0 radical (unpaired) electrons. The summed E-state index contributed by atoms with van der Waals surface area (Å²) >= 11 is 9.29. The van der Waals surface area contributed by atoms with E-state index in [9.17, 15) is 36.9 Å². The number of nitro benzene ring substituents is 1. The molecule has 0 N–H and O–H groups in total. The zero-order chi connectivity index (χ0) is 27.9. The number of hydrogen-bond acceptors (Lipinski definition) is 5. The second-order valence-corrected chi connectivity index (χ2v) is 9.03. The Morgan fingerprint density at radius 1 is 1.08 bits per heavy atom. The Morgan fingerprint density at radius 3 is 2.29 bits per heavy atom. The van der Waals surface area contributed by atoms with Gasteiger partial charge in [0, 0.05) is 16.7 Å². The molecule has 1 amide bonds. The molecule has 0 fully saturated rings. The fourth-order valence-corrected chi connectivity index (χ4v) is 4.28. The van der Waals surface area contributed by atoms with Crippen molar-refractivity contribution in [2.75, 3.05) is 5.01 Å². The quantitative estimate of drug-likeness (QED) is 0.0739. The predicted octanol–water partition coefficient (Wildman–Crippen LogP) is 7.09. The minimum absolute atomic E-state index is 0.0436. The first-order valence-electron chi connectivity index (χ1n) is 10.4. The van der Waals surface area contributed by atoms with Crippen molar-refractivity contribution in [3.05, 3.63) is 102 Å². The Morgan fingerprint density at radius 2 is 1.68 bits per heavy atom. The predicted molar refractivity (Wildman–Crippen MR) is 131 cm³/mol. The molecule has 1 aliphatic heterocycles. The highest BCUT2D eigenvalue weighted by Gasteiger charge is 2.37. The first kappa shape index (κ1) is 27.2. The second-order valence-electron chi connectivity index (χ2n) is 7.77. The van der Waals surface area contributed by atoms with Crippen LogP contribution in [0.5, 0.6) is 5.75 Å². The van der Waals surface area contributed by atoms with Crippen LogP contribution in [0.4, 0.5) is 33.3 Å². The topological polar surface area (TPSA) is 85.0 Å². The summed E-state index contributed by atoms with van der Waals surface area (Å²) in [6.07, 6.45) is 1.11. The van der Waals surface area contributed by atoms with Crippen LogP contribution in [-0.2, 0) is 11.4 Å². The van der Waals surface area contributed by atoms with E-state index in [0.717, 1.165) is 12.1 Å². The molecule has 1 aliphatic rings. The molecule has 1 heterocycles. The molecule has 7 nitrogen and oxygen atoms in total. The maximum absolute atomic E-state index is 14.3. The zero-order valence-corrected chi connectivity index (χ0v) is 21.2. The first-order chi connectivity index (χ1) is 17.9. The van der Waals surface area contributed by atoms with Crippen molar-refractivity contribution in [3.8, 4) is 5.75 Å². The summed E-state index contributed by atoms with van der Waals surface area (Å²) < 4.78 is 75.0. The van der Waals surface area contributed by atoms with Crippen LogP contribution in [0.3, 0.4) is 0 Å². The standard InChI is InChI=1S/C24H12BrClF5N3O4/c1-10-13(24(35)33(32-10)22-20(30)18(28)17(27)19(29)21(22)31)6-11-7-14(25)23(16(8-11)34(36)37)38-9-12-4-2-3-5-15(12)26/h2-8H,9H2,1H3/b13-6-. The number of carbonyl (C=O) groups excluding carboxylic acids is 1. The van der Waals surface area contributed by atoms with Crippen molar-refractivity contribution in [1.29, 1.82) is 0 Å². The Balaban J connectivity index is 1.70. The van der Waals surface area contributed by atoms with E-state index in [2.05, 4.69) is 21.0 Å². The van der Waals surface area contributed by atoms with Crippen molar-refractivity contribution >= 4 is 56.6 Å². The van der Waals surface area contributed by atoms with E-state index in [0.29, 0.717) is 10.6 Å². The molecule has 0 bridgehead atoms. The van der Waals surface area contributed by atoms with Gasteiger partial charge < -0.3 is 4.74 Å². The van der Waals surface area contributed by atoms with Crippen molar-refractivity contribution in [2.24, 2.45) is 5.10 Å². The van der Waals surface area contributed by atoms with Crippen molar-refractivity contribution < 1.29 is 36.4 Å². The van der Waals surface area contributed by atoms with Gasteiger partial charge in [-0.25, -0.2) is 22.0 Å². The van der Waals surface area contributed by atoms with Crippen molar-refractivity contribution in [3.63, 3.8) is 0 Å². The Labute approximate surface area is 224 Å². The van der Waals surface area contributed by atoms with E-state index in [1.165, 1.54) is 13.0 Å². The molecular weight excluding hydrogens is 605 g/mol. The maximum Gasteiger partial charge on any atom is 0.312 e. The molecule has 3 aromatic rings. The molecule has 0 spiro atoms. The van der Waals surface area contributed by atoms with Crippen LogP contribution in [0.25, 0.3) is 6.08 Å². The highest BCUT2D eigenvalue weighted by Crippen LogP contribution is 2.39. The minimum atomic E-state index is -2.39. The van der Waals surface area contributed by atoms with Crippen LogP contribution in [0.1, 0.15) is 18.1 Å². The number of benzene rings is 3. The fraction of sp³-hybridized carbons (Fsp3) is 0.0833. The van der Waals surface area contributed by atoms with Gasteiger partial charge in [-0.3, -0.25) is 14.9 Å². The molecule has 0 unspecified atom stereocenters. The van der Waals surface area contributed by atoms with E-state index in [4.69, 9.17) is 16.3 Å². The van der Waals surface area contributed by atoms with Crippen LogP contribution >= 0.6 is 27.5 Å². The van der Waals surface area contributed by atoms with Gasteiger partial charge in [0.2, 0.25) is 11.6 Å². The molecule has 0 saturated carbocycles. The number of hydrazone groups is 1. The summed E-state index contributed by atoms with van der Waals surface area (Å²) in [5, 5.41) is 15.8. The van der Waals surface area contributed by atoms with Gasteiger partial charge >= 0.3 is 5.69 Å². The molecule has 0 aliphatic carbocycles. The minimum Gasteiger partial charge on any atom is -0.481 e. The van der Waals surface area contributed by atoms with Gasteiger partial charge in [-0.2, -0.15) is 10.1 Å². The smallest absolute Gasteiger partial charge is 0.312 e. The van der Waals surface area contributed by atoms with Gasteiger partial charge in [0.1, 0.15) is 12.3 Å². The number of nitrogens with zero attached hydrogens (tertiary/aromatic N) is 3. The van der Waals surface area contributed by atoms with Crippen LogP contribution in [0, 0.1) is 39.2 Å². The van der Waals surface area contributed by atoms with Crippen LogP contribution in [0.15, 0.2) is 51.5 Å². The number of hydrogen-bond donors (Lipinski definition) is 0. The number of rotatable bonds is 6. The van der Waals surface area contributed by atoms with Gasteiger partial charge in [-0.05, 0) is 46.6 Å². The lowest BCUT2D eigenvalue weighted by Gasteiger charge is -2.15. The molecule has 14 heteroatoms. The van der Waals surface area contributed by atoms with Gasteiger partial charge in [-0.1, -0.05) is 29.8 Å². The third kappa shape index (κ3) is 4.86. The molecule has 4 rings (SSSR count). The lowest BCUT2D eigenvalue weighted by molar-refractivity contribution is -0.386. The van der Waals surface area contributed by atoms with Crippen LogP contribution in [0.2, 0.25) is 5.02 Å². The first-order valence-corrected chi connectivity index (χ1v) is 11.6. The van der Waals surface area contributed by atoms with Crippen LogP contribution in [-0.4, -0.2) is 16.5 Å². The maximum atomic E-state index is 14.3. The molecule has 3 aromatic carbocycles. The van der Waals surface area contributed by atoms with E-state index in [-0.39, 0.29) is 38.7 Å². The van der Waals surface area contributed by atoms with E-state index >= 15 is 0 Å². The molecule has 0 aromatic heterocycles. The third-order valence-corrected chi connectivity index (χ3v) is 6.30. The summed E-state index contributed by atoms with van der Waals surface area (Å²) in [6, 6.07) is 9.14. The average molecular weight is 617 g/mol. The lowest BCUT2D eigenvalue weighted by atomic mass is 10.1. The van der Waals surface area contributed by atoms with Gasteiger partial charge in [-0.15, -0.1) is 0 Å². The summed E-state index contributed by atoms with van der Waals surface area (Å²) in [6.45, 7) is 1.15. The molecule has 0 saturated heterocycles. The average Bonchev–Trinajstić information content (AvgIpc) is 3.14. The van der Waals surface area contributed by atoms with E-state index in [1.54, 1.807) is 24.3 Å². The largest absolute Gasteiger partial charge is 0.481 e. The van der Waals surface area contributed by atoms with Crippen molar-refractivity contribution in [1.82, 2.24) is 0 Å². The fourth-order valence-electron chi connectivity index (χ4n) is 3.51. The second kappa shape index (κ2) is 10.5. The van der Waals surface area contributed by atoms with E-state index in [1.807, 2.05) is 0 Å². The lowest BCUT2D eigenvalue weighted by Crippen LogP contribution is -2.25. The molecule has 196 valence electrons. The number of carbonyl (C=O) groups is 1. The summed E-state index contributed by atoms with van der Waals surface area (Å²) in [5.41, 5.74) is -1.85. The van der Waals surface area contributed by atoms with E-state index < -0.39 is 51.3 Å². The highest BCUT2D eigenvalue weighted by atomic mass is 79.9. The number of anilines is 1. The molecular formula is C24H12BrClF5N3O4. The number of ether oxygens (including phenoxy) is 1. The monoisotopic (exact) mass is 615 g/mol. The Kier molecular flexibility index (Phi) is 7.51. The van der Waals surface area contributed by atoms with Gasteiger partial charge in [0.05, 0.1) is 20.7 Å². The summed E-state index contributed by atoms with van der Waals surface area (Å²) in [4.78, 5) is 23.9. The molecule has 38 heavy (non-hydrogen) atoms. The zero-order valence-electron chi connectivity index (χ0n) is 18.9. The SMILES string of the molecule is CC1=NN(c2c(F)c(F)c(F)c(F)c2F)C(=O)/C1=C\c1cc(Br)c(OCc2ccccc2Cl)c([N+](=O)[O-])c1. The number of nitro groups is 1. The number of halogens is 7. The summed E-state index contributed by atoms with van der Waals surface area (Å²) in [7, 11) is 0. The van der Waals surface area contributed by atoms with Gasteiger partial charge in [0.15, 0.2) is 23.3 Å². The van der Waals surface area contributed by atoms with Crippen molar-refractivity contribution in [2.45, 2.75) is 13.5 Å².